The number of nitrogens with zero attached hydrogens (tertiary/aromatic N) is 3. The quantitative estimate of drug-likeness (QED) is 0.593. The first-order valence-electron chi connectivity index (χ1n) is 6.83. The number of benzene rings is 1. The Balaban J connectivity index is 2.11. The highest BCUT2D eigenvalue weighted by Crippen LogP contribution is 2.34. The van der Waals surface area contributed by atoms with Gasteiger partial charge in [-0.1, -0.05) is 18.2 Å². The van der Waals surface area contributed by atoms with E-state index < -0.39 is 5.91 Å². The summed E-state index contributed by atoms with van der Waals surface area (Å²) in [4.78, 5) is 15.7. The summed E-state index contributed by atoms with van der Waals surface area (Å²) >= 11 is 0. The van der Waals surface area contributed by atoms with E-state index in [1.54, 1.807) is 12.3 Å². The second-order valence-corrected chi connectivity index (χ2v) is 5.22. The number of H-pyrrole nitrogens is 1. The predicted molar refractivity (Wildman–Crippen MR) is 84.3 cm³/mol. The van der Waals surface area contributed by atoms with E-state index in [1.165, 1.54) is 0 Å². The molecule has 4 rings (SSSR count). The molecule has 6 heteroatoms. The molecule has 0 aliphatic rings. The second-order valence-electron chi connectivity index (χ2n) is 5.22. The van der Waals surface area contributed by atoms with Gasteiger partial charge < -0.3 is 10.3 Å². The van der Waals surface area contributed by atoms with Crippen molar-refractivity contribution in [2.24, 2.45) is 12.8 Å². The van der Waals surface area contributed by atoms with Crippen LogP contribution in [0.2, 0.25) is 0 Å². The number of nitrogens with one attached hydrogen (secondary N) is 1. The molecule has 0 fully saturated rings. The lowest BCUT2D eigenvalue weighted by atomic mass is 10.0. The Morgan fingerprint density at radius 3 is 2.86 bits per heavy atom. The minimum Gasteiger partial charge on any atom is -0.364 e. The van der Waals surface area contributed by atoms with E-state index in [0.29, 0.717) is 5.65 Å². The smallest absolute Gasteiger partial charge is 0.267 e. The van der Waals surface area contributed by atoms with Crippen LogP contribution >= 0.6 is 0 Å². The molecule has 0 bridgehead atoms. The summed E-state index contributed by atoms with van der Waals surface area (Å²) in [6.45, 7) is 0. The van der Waals surface area contributed by atoms with Crippen molar-refractivity contribution in [3.63, 3.8) is 0 Å². The number of nitrogens with two attached hydrogens (primary N) is 1. The van der Waals surface area contributed by atoms with E-state index in [-0.39, 0.29) is 5.69 Å². The molecule has 3 N–H and O–H groups in total. The van der Waals surface area contributed by atoms with Crippen molar-refractivity contribution in [2.75, 3.05) is 0 Å². The Bertz CT molecular complexity index is 1030. The van der Waals surface area contributed by atoms with E-state index in [9.17, 15) is 4.79 Å². The molecular weight excluding hydrogens is 278 g/mol. The van der Waals surface area contributed by atoms with Crippen molar-refractivity contribution in [1.82, 2.24) is 19.7 Å². The van der Waals surface area contributed by atoms with Crippen LogP contribution in [0, 0.1) is 0 Å². The summed E-state index contributed by atoms with van der Waals surface area (Å²) in [6, 6.07) is 9.83. The molecular formula is C16H13N5O. The molecule has 3 aromatic heterocycles. The molecule has 4 aromatic rings. The summed E-state index contributed by atoms with van der Waals surface area (Å²) in [5.41, 5.74) is 9.21. The van der Waals surface area contributed by atoms with Crippen LogP contribution in [0.25, 0.3) is 33.1 Å². The normalized spacial score (nSPS) is 11.3. The molecule has 1 amide bonds. The topological polar surface area (TPSA) is 89.6 Å². The molecule has 0 atom stereocenters. The average molecular weight is 291 g/mol. The molecule has 6 nitrogen and oxygen atoms in total. The number of aromatic amines is 1. The molecule has 1 aromatic carbocycles. The largest absolute Gasteiger partial charge is 0.364 e. The Hall–Kier alpha value is -3.15. The van der Waals surface area contributed by atoms with Crippen molar-refractivity contribution in [2.45, 2.75) is 0 Å². The van der Waals surface area contributed by atoms with Gasteiger partial charge in [-0.3, -0.25) is 9.89 Å². The summed E-state index contributed by atoms with van der Waals surface area (Å²) in [6.07, 6.45) is 3.75. The second kappa shape index (κ2) is 4.42. The van der Waals surface area contributed by atoms with Crippen LogP contribution in [0.1, 0.15) is 10.5 Å². The minimum atomic E-state index is -0.557. The Kier molecular flexibility index (Phi) is 2.53. The van der Waals surface area contributed by atoms with Gasteiger partial charge >= 0.3 is 0 Å². The van der Waals surface area contributed by atoms with Crippen LogP contribution in [0.5, 0.6) is 0 Å². The van der Waals surface area contributed by atoms with Gasteiger partial charge in [0, 0.05) is 35.1 Å². The van der Waals surface area contributed by atoms with Crippen molar-refractivity contribution >= 4 is 27.8 Å². The molecule has 108 valence electrons. The molecule has 0 saturated heterocycles. The van der Waals surface area contributed by atoms with Gasteiger partial charge in [0.1, 0.15) is 5.69 Å². The molecule has 0 unspecified atom stereocenters. The van der Waals surface area contributed by atoms with Crippen molar-refractivity contribution in [3.8, 4) is 11.1 Å². The Morgan fingerprint density at radius 2 is 2.05 bits per heavy atom. The number of aryl methyl sites for hydroxylation is 1. The third-order valence-corrected chi connectivity index (χ3v) is 3.86. The number of primary amides is 1. The maximum absolute atomic E-state index is 11.5. The summed E-state index contributed by atoms with van der Waals surface area (Å²) in [7, 11) is 1.99. The number of rotatable bonds is 2. The first kappa shape index (κ1) is 12.6. The van der Waals surface area contributed by atoms with Crippen LogP contribution < -0.4 is 5.73 Å². The highest BCUT2D eigenvalue weighted by molar-refractivity contribution is 6.06. The highest BCUT2D eigenvalue weighted by Gasteiger charge is 2.16. The van der Waals surface area contributed by atoms with Gasteiger partial charge in [0.15, 0.2) is 5.65 Å². The zero-order chi connectivity index (χ0) is 15.3. The number of amides is 1. The van der Waals surface area contributed by atoms with E-state index in [2.05, 4.69) is 31.9 Å². The zero-order valence-electron chi connectivity index (χ0n) is 11.9. The fourth-order valence-electron chi connectivity index (χ4n) is 2.83. The maximum atomic E-state index is 11.5. The maximum Gasteiger partial charge on any atom is 0.267 e. The lowest BCUT2D eigenvalue weighted by Gasteiger charge is -2.04. The molecule has 0 aliphatic heterocycles. The fourth-order valence-corrected chi connectivity index (χ4v) is 2.83. The number of carbonyl (C=O) groups is 1. The van der Waals surface area contributed by atoms with Crippen molar-refractivity contribution < 1.29 is 4.79 Å². The summed E-state index contributed by atoms with van der Waals surface area (Å²) in [5, 5.41) is 8.80. The minimum absolute atomic E-state index is 0.222. The van der Waals surface area contributed by atoms with Gasteiger partial charge in [-0.25, -0.2) is 4.98 Å². The number of hydrogen-bond acceptors (Lipinski definition) is 3. The van der Waals surface area contributed by atoms with E-state index >= 15 is 0 Å². The van der Waals surface area contributed by atoms with Gasteiger partial charge in [-0.15, -0.1) is 0 Å². The lowest BCUT2D eigenvalue weighted by Crippen LogP contribution is -2.13. The monoisotopic (exact) mass is 291 g/mol. The number of pyridine rings is 1. The van der Waals surface area contributed by atoms with Crippen LogP contribution in [-0.2, 0) is 7.05 Å². The van der Waals surface area contributed by atoms with Crippen LogP contribution in [0.15, 0.2) is 42.7 Å². The standard InChI is InChI=1S/C16H13N5O/c1-21-8-12(9-4-2-3-5-14(9)21)10-6-13(15(17)22)19-16-11(10)7-18-20-16/h2-8H,1H3,(H2,17,22)(H,18,19,20). The van der Waals surface area contributed by atoms with Gasteiger partial charge in [-0.05, 0) is 17.7 Å². The number of hydrogen-bond donors (Lipinski definition) is 2. The third-order valence-electron chi connectivity index (χ3n) is 3.86. The molecule has 0 spiro atoms. The predicted octanol–water partition coefficient (Wildman–Crippen LogP) is 2.22. The number of carbonyl (C=O) groups excluding carboxylic acids is 1. The van der Waals surface area contributed by atoms with E-state index in [0.717, 1.165) is 27.4 Å². The van der Waals surface area contributed by atoms with Gasteiger partial charge in [0.05, 0.1) is 6.20 Å². The molecule has 0 aliphatic carbocycles. The van der Waals surface area contributed by atoms with Crippen molar-refractivity contribution in [3.05, 3.63) is 48.4 Å². The van der Waals surface area contributed by atoms with Gasteiger partial charge in [0.2, 0.25) is 0 Å². The lowest BCUT2D eigenvalue weighted by molar-refractivity contribution is 0.0996. The molecule has 3 heterocycles. The van der Waals surface area contributed by atoms with Crippen LogP contribution in [-0.4, -0.2) is 25.7 Å². The summed E-state index contributed by atoms with van der Waals surface area (Å²) < 4.78 is 2.06. The number of fused-ring (bicyclic) bond motifs is 2. The third kappa shape index (κ3) is 1.70. The first-order chi connectivity index (χ1) is 10.6. The molecule has 0 saturated carbocycles. The van der Waals surface area contributed by atoms with Crippen LogP contribution in [0.3, 0.4) is 0 Å². The van der Waals surface area contributed by atoms with E-state index in [4.69, 9.17) is 5.73 Å². The van der Waals surface area contributed by atoms with E-state index in [1.807, 2.05) is 25.4 Å². The molecule has 0 radical (unpaired) electrons. The van der Waals surface area contributed by atoms with Crippen LogP contribution in [0.4, 0.5) is 0 Å². The fraction of sp³-hybridized carbons (Fsp3) is 0.0625. The first-order valence-corrected chi connectivity index (χ1v) is 6.83. The zero-order valence-corrected chi connectivity index (χ0v) is 11.9. The number of aromatic nitrogens is 4. The number of para-hydroxylation sites is 1. The van der Waals surface area contributed by atoms with Gasteiger partial charge in [-0.2, -0.15) is 5.10 Å². The molecule has 22 heavy (non-hydrogen) atoms. The van der Waals surface area contributed by atoms with Gasteiger partial charge in [0.25, 0.3) is 5.91 Å². The summed E-state index contributed by atoms with van der Waals surface area (Å²) in [5.74, 6) is -0.557. The Labute approximate surface area is 125 Å². The van der Waals surface area contributed by atoms with Crippen molar-refractivity contribution in [1.29, 1.82) is 0 Å². The SMILES string of the molecule is Cn1cc(-c2cc(C(N)=O)nc3[nH]ncc23)c2ccccc21. The Morgan fingerprint density at radius 1 is 1.23 bits per heavy atom. The highest BCUT2D eigenvalue weighted by atomic mass is 16.1. The average Bonchev–Trinajstić information content (AvgIpc) is 3.11.